The Hall–Kier alpha value is -1.17. The molecule has 4 nitrogen and oxygen atoms in total. The van der Waals surface area contributed by atoms with Gasteiger partial charge in [-0.2, -0.15) is 0 Å². The second-order valence-electron chi connectivity index (χ2n) is 12.7. The lowest BCUT2D eigenvalue weighted by atomic mass is 9.34. The van der Waals surface area contributed by atoms with Gasteiger partial charge in [0.05, 0.1) is 18.8 Å². The van der Waals surface area contributed by atoms with Crippen LogP contribution in [0, 0.1) is 34.0 Å². The highest BCUT2D eigenvalue weighted by atomic mass is 32.1. The second-order valence-corrected chi connectivity index (χ2v) is 13.6. The van der Waals surface area contributed by atoms with E-state index in [1.165, 1.54) is 55.4 Å². The van der Waals surface area contributed by atoms with Crippen LogP contribution in [0.2, 0.25) is 0 Å². The summed E-state index contributed by atoms with van der Waals surface area (Å²) in [5.41, 5.74) is 1.61. The topological polar surface area (TPSA) is 44.8 Å². The zero-order chi connectivity index (χ0) is 23.9. The molecule has 1 aliphatic heterocycles. The lowest BCUT2D eigenvalue weighted by Crippen LogP contribution is -2.74. The Labute approximate surface area is 208 Å². The third kappa shape index (κ3) is 3.05. The number of hydrogen-bond acceptors (Lipinski definition) is 5. The van der Waals surface area contributed by atoms with E-state index in [1.54, 1.807) is 0 Å². The van der Waals surface area contributed by atoms with E-state index in [1.807, 2.05) is 17.5 Å². The smallest absolute Gasteiger partial charge is 0.348 e. The summed E-state index contributed by atoms with van der Waals surface area (Å²) in [5, 5.41) is 1.94. The summed E-state index contributed by atoms with van der Waals surface area (Å²) < 4.78 is 19.5. The average molecular weight is 485 g/mol. The van der Waals surface area contributed by atoms with E-state index < -0.39 is 5.79 Å². The van der Waals surface area contributed by atoms with Gasteiger partial charge in [0.15, 0.2) is 5.79 Å². The largest absolute Gasteiger partial charge is 0.461 e. The van der Waals surface area contributed by atoms with Crippen LogP contribution in [0.5, 0.6) is 0 Å². The Morgan fingerprint density at radius 3 is 2.74 bits per heavy atom. The van der Waals surface area contributed by atoms with Crippen LogP contribution in [0.3, 0.4) is 0 Å². The summed E-state index contributed by atoms with van der Waals surface area (Å²) in [7, 11) is 0. The molecular weight excluding hydrogens is 444 g/mol. The van der Waals surface area contributed by atoms with E-state index in [-0.39, 0.29) is 34.4 Å². The highest BCUT2D eigenvalue weighted by Gasteiger charge is 2.73. The van der Waals surface area contributed by atoms with Gasteiger partial charge in [0.25, 0.3) is 0 Å². The molecule has 5 heteroatoms. The Morgan fingerprint density at radius 1 is 1.18 bits per heavy atom. The number of thiophene rings is 1. The first-order valence-corrected chi connectivity index (χ1v) is 14.3. The van der Waals surface area contributed by atoms with Crippen molar-refractivity contribution >= 4 is 17.3 Å². The molecule has 1 aromatic rings. The molecule has 5 aliphatic carbocycles. The number of hydrogen-bond donors (Lipinski definition) is 0. The molecule has 1 saturated heterocycles. The van der Waals surface area contributed by atoms with Crippen LogP contribution in [-0.2, 0) is 14.2 Å². The van der Waals surface area contributed by atoms with Gasteiger partial charge in [-0.3, -0.25) is 0 Å². The standard InChI is InChI=1S/C29H40O4S/c1-6-28-12-8-11-27(5,17-31-25(30)20-9-7-14-34-20)21(28)16-23-29-13-10-19(15-22(28)29)18(2)24(29)33-26(3,4)32-23/h7,9,14,19,21-24H,2,6,8,10-13,15-17H2,1,3-5H3/t19-,21?,22?,23+,24-,27-,28+,29+/m0/s1. The lowest BCUT2D eigenvalue weighted by Gasteiger charge is -2.74. The fraction of sp³-hybridized carbons (Fsp3) is 0.759. The number of fused-ring (bicyclic) bond motifs is 2. The Bertz CT molecular complexity index is 984. The summed E-state index contributed by atoms with van der Waals surface area (Å²) in [6.07, 6.45) is 9.78. The summed E-state index contributed by atoms with van der Waals surface area (Å²) in [5.74, 6) is 0.879. The summed E-state index contributed by atoms with van der Waals surface area (Å²) in [6.45, 7) is 14.0. The third-order valence-corrected chi connectivity index (χ3v) is 11.7. The van der Waals surface area contributed by atoms with Gasteiger partial charge in [-0.15, -0.1) is 11.3 Å². The van der Waals surface area contributed by atoms with E-state index in [0.717, 1.165) is 12.8 Å². The van der Waals surface area contributed by atoms with Crippen LogP contribution < -0.4 is 0 Å². The molecule has 1 aromatic heterocycles. The van der Waals surface area contributed by atoms with Crippen LogP contribution in [-0.4, -0.2) is 30.6 Å². The third-order valence-electron chi connectivity index (χ3n) is 10.9. The molecule has 0 radical (unpaired) electrons. The molecule has 2 heterocycles. The second kappa shape index (κ2) is 7.66. The maximum absolute atomic E-state index is 12.8. The fourth-order valence-electron chi connectivity index (χ4n) is 9.52. The van der Waals surface area contributed by atoms with Gasteiger partial charge < -0.3 is 14.2 Å². The van der Waals surface area contributed by atoms with E-state index in [4.69, 9.17) is 14.2 Å². The predicted octanol–water partition coefficient (Wildman–Crippen LogP) is 7.00. The quantitative estimate of drug-likeness (QED) is 0.341. The highest BCUT2D eigenvalue weighted by molar-refractivity contribution is 7.11. The van der Waals surface area contributed by atoms with Gasteiger partial charge in [-0.25, -0.2) is 4.79 Å². The van der Waals surface area contributed by atoms with Crippen LogP contribution in [0.1, 0.15) is 88.7 Å². The number of carbonyl (C=O) groups is 1. The number of esters is 1. The van der Waals surface area contributed by atoms with Gasteiger partial charge in [0.1, 0.15) is 4.88 Å². The van der Waals surface area contributed by atoms with Gasteiger partial charge in [0, 0.05) is 10.8 Å². The number of ether oxygens (including phenoxy) is 3. The van der Waals surface area contributed by atoms with Gasteiger partial charge in [0.2, 0.25) is 0 Å². The molecule has 6 fully saturated rings. The van der Waals surface area contributed by atoms with Gasteiger partial charge >= 0.3 is 5.97 Å². The molecule has 2 bridgehead atoms. The van der Waals surface area contributed by atoms with Crippen molar-refractivity contribution in [1.82, 2.24) is 0 Å². The zero-order valence-electron chi connectivity index (χ0n) is 21.2. The van der Waals surface area contributed by atoms with E-state index in [2.05, 4.69) is 34.3 Å². The molecule has 7 rings (SSSR count). The van der Waals surface area contributed by atoms with Crippen molar-refractivity contribution in [3.63, 3.8) is 0 Å². The number of rotatable bonds is 4. The van der Waals surface area contributed by atoms with Crippen molar-refractivity contribution < 1.29 is 19.0 Å². The van der Waals surface area contributed by atoms with Crippen molar-refractivity contribution in [2.75, 3.05) is 6.61 Å². The molecule has 186 valence electrons. The van der Waals surface area contributed by atoms with Gasteiger partial charge in [-0.1, -0.05) is 32.9 Å². The molecule has 5 saturated carbocycles. The summed E-state index contributed by atoms with van der Waals surface area (Å²) in [4.78, 5) is 13.5. The van der Waals surface area contributed by atoms with Gasteiger partial charge in [-0.05, 0) is 99.0 Å². The monoisotopic (exact) mass is 484 g/mol. The Balaban J connectivity index is 1.38. The van der Waals surface area contributed by atoms with E-state index in [0.29, 0.717) is 29.2 Å². The van der Waals surface area contributed by atoms with Crippen molar-refractivity contribution in [3.05, 3.63) is 34.5 Å². The minimum atomic E-state index is -0.589. The van der Waals surface area contributed by atoms with Crippen molar-refractivity contribution in [1.29, 1.82) is 0 Å². The molecule has 1 spiro atoms. The van der Waals surface area contributed by atoms with E-state index in [9.17, 15) is 4.79 Å². The van der Waals surface area contributed by atoms with Crippen LogP contribution in [0.15, 0.2) is 29.7 Å². The van der Waals surface area contributed by atoms with Crippen LogP contribution in [0.25, 0.3) is 0 Å². The minimum absolute atomic E-state index is 0.0300. The maximum atomic E-state index is 12.8. The fourth-order valence-corrected chi connectivity index (χ4v) is 10.1. The molecule has 6 aliphatic rings. The van der Waals surface area contributed by atoms with E-state index >= 15 is 0 Å². The zero-order valence-corrected chi connectivity index (χ0v) is 22.0. The number of carbonyl (C=O) groups excluding carboxylic acids is 1. The SMILES string of the molecule is C=C1[C@H]2CC[C@@]34C(C2)[C@]2(CC)CCC[C@@](C)(COC(=O)c5cccs5)C2C[C@H]3OC(C)(C)O[C@@H]14. The van der Waals surface area contributed by atoms with Crippen LogP contribution in [0.4, 0.5) is 0 Å². The lowest BCUT2D eigenvalue weighted by molar-refractivity contribution is -0.395. The first-order chi connectivity index (χ1) is 16.2. The Morgan fingerprint density at radius 2 is 2.00 bits per heavy atom. The maximum Gasteiger partial charge on any atom is 0.348 e. The molecule has 0 N–H and O–H groups in total. The summed E-state index contributed by atoms with van der Waals surface area (Å²) >= 11 is 1.46. The normalized spacial score (nSPS) is 46.5. The highest BCUT2D eigenvalue weighted by Crippen LogP contribution is 2.75. The van der Waals surface area contributed by atoms with Crippen molar-refractivity contribution in [2.45, 2.75) is 97.1 Å². The molecule has 8 atom stereocenters. The molecule has 2 unspecified atom stereocenters. The summed E-state index contributed by atoms with van der Waals surface area (Å²) in [6, 6.07) is 3.78. The molecule has 0 amide bonds. The first-order valence-electron chi connectivity index (χ1n) is 13.4. The van der Waals surface area contributed by atoms with Crippen LogP contribution >= 0.6 is 11.3 Å². The average Bonchev–Trinajstić information content (AvgIpc) is 3.35. The molecule has 34 heavy (non-hydrogen) atoms. The predicted molar refractivity (Wildman–Crippen MR) is 134 cm³/mol. The molecular formula is C29H40O4S. The molecule has 0 aromatic carbocycles. The van der Waals surface area contributed by atoms with Crippen molar-refractivity contribution in [2.24, 2.45) is 34.0 Å². The Kier molecular flexibility index (Phi) is 5.24. The minimum Gasteiger partial charge on any atom is -0.461 e. The first kappa shape index (κ1) is 23.2. The van der Waals surface area contributed by atoms with Crippen molar-refractivity contribution in [3.8, 4) is 0 Å².